The van der Waals surface area contributed by atoms with Gasteiger partial charge in [0.2, 0.25) is 0 Å². The number of carbonyl (C=O) groups is 2. The van der Waals surface area contributed by atoms with Crippen molar-refractivity contribution in [3.05, 3.63) is 47.5 Å². The maximum absolute atomic E-state index is 14.3. The van der Waals surface area contributed by atoms with E-state index in [4.69, 9.17) is 5.73 Å². The van der Waals surface area contributed by atoms with Crippen LogP contribution in [0.3, 0.4) is 0 Å². The van der Waals surface area contributed by atoms with Gasteiger partial charge in [0.05, 0.1) is 0 Å². The standard InChI is InChI=1S/C13H7BrFIN2O5/c14-4-2-5(15)3(1-6(4)16)7-8(12(20)21)10(17)18-11(19)9(7)13(22)23/h1-2H,(H,20,21)(H,22,23)(H3,17,18,19). The number of nitrogens with two attached hydrogens (primary N) is 1. The molecule has 7 nitrogen and oxygen atoms in total. The molecule has 0 saturated heterocycles. The largest absolute Gasteiger partial charge is 0.478 e. The molecular formula is C13H7BrFIN2O5. The number of carboxylic acid groups (broad SMARTS) is 2. The molecule has 0 radical (unpaired) electrons. The predicted molar refractivity (Wildman–Crippen MR) is 91.2 cm³/mol. The van der Waals surface area contributed by atoms with Gasteiger partial charge in [0.15, 0.2) is 0 Å². The van der Waals surface area contributed by atoms with E-state index in [1.54, 1.807) is 0 Å². The van der Waals surface area contributed by atoms with Crippen LogP contribution in [0.5, 0.6) is 0 Å². The van der Waals surface area contributed by atoms with Crippen LogP contribution < -0.4 is 11.3 Å². The number of hydrogen-bond donors (Lipinski definition) is 4. The van der Waals surface area contributed by atoms with Gasteiger partial charge < -0.3 is 20.9 Å². The Balaban J connectivity index is 3.06. The molecule has 0 fully saturated rings. The summed E-state index contributed by atoms with van der Waals surface area (Å²) < 4.78 is 15.2. The van der Waals surface area contributed by atoms with E-state index in [9.17, 15) is 29.0 Å². The molecule has 0 aliphatic heterocycles. The molecule has 0 amide bonds. The molecule has 1 aromatic carbocycles. The Kier molecular flexibility index (Phi) is 4.75. The number of aromatic amines is 1. The van der Waals surface area contributed by atoms with E-state index in [-0.39, 0.29) is 5.56 Å². The first kappa shape index (κ1) is 17.4. The zero-order chi connectivity index (χ0) is 17.5. The van der Waals surface area contributed by atoms with Crippen LogP contribution in [-0.2, 0) is 0 Å². The minimum Gasteiger partial charge on any atom is -0.478 e. The van der Waals surface area contributed by atoms with Crippen LogP contribution in [0.2, 0.25) is 0 Å². The molecule has 23 heavy (non-hydrogen) atoms. The molecule has 0 aliphatic rings. The van der Waals surface area contributed by atoms with Crippen LogP contribution in [0, 0.1) is 9.39 Å². The number of anilines is 1. The molecule has 0 unspecified atom stereocenters. The summed E-state index contributed by atoms with van der Waals surface area (Å²) in [6.45, 7) is 0. The molecule has 0 bridgehead atoms. The van der Waals surface area contributed by atoms with Crippen molar-refractivity contribution in [1.29, 1.82) is 0 Å². The first-order valence-corrected chi connectivity index (χ1v) is 7.69. The fraction of sp³-hybridized carbons (Fsp3) is 0. The molecule has 1 aromatic heterocycles. The van der Waals surface area contributed by atoms with Crippen molar-refractivity contribution in [2.75, 3.05) is 5.73 Å². The van der Waals surface area contributed by atoms with Crippen molar-refractivity contribution in [1.82, 2.24) is 4.98 Å². The first-order chi connectivity index (χ1) is 10.6. The molecule has 2 aromatic rings. The number of nitrogens with one attached hydrogen (secondary N) is 1. The van der Waals surface area contributed by atoms with Crippen LogP contribution in [0.1, 0.15) is 20.7 Å². The van der Waals surface area contributed by atoms with Gasteiger partial charge in [-0.15, -0.1) is 0 Å². The first-order valence-electron chi connectivity index (χ1n) is 5.82. The van der Waals surface area contributed by atoms with Gasteiger partial charge in [0.1, 0.15) is 22.8 Å². The molecule has 0 spiro atoms. The third kappa shape index (κ3) is 3.08. The van der Waals surface area contributed by atoms with E-state index in [1.165, 1.54) is 6.07 Å². The minimum absolute atomic E-state index is 0.342. The third-order valence-corrected chi connectivity index (χ3v) is 5.24. The number of H-pyrrole nitrogens is 1. The number of benzene rings is 1. The summed E-state index contributed by atoms with van der Waals surface area (Å²) in [6.07, 6.45) is 0. The van der Waals surface area contributed by atoms with Crippen LogP contribution >= 0.6 is 38.5 Å². The van der Waals surface area contributed by atoms with Crippen molar-refractivity contribution in [3.63, 3.8) is 0 Å². The second-order valence-electron chi connectivity index (χ2n) is 4.35. The van der Waals surface area contributed by atoms with Gasteiger partial charge in [0, 0.05) is 19.2 Å². The average Bonchev–Trinajstić information content (AvgIpc) is 2.40. The second-order valence-corrected chi connectivity index (χ2v) is 6.37. The Bertz CT molecular complexity index is 912. The zero-order valence-corrected chi connectivity index (χ0v) is 14.7. The molecule has 2 rings (SSSR count). The molecule has 5 N–H and O–H groups in total. The molecule has 0 aliphatic carbocycles. The van der Waals surface area contributed by atoms with E-state index >= 15 is 0 Å². The normalized spacial score (nSPS) is 10.6. The highest BCUT2D eigenvalue weighted by atomic mass is 127. The van der Waals surface area contributed by atoms with Gasteiger partial charge in [-0.25, -0.2) is 14.0 Å². The Morgan fingerprint density at radius 2 is 1.78 bits per heavy atom. The average molecular weight is 497 g/mol. The van der Waals surface area contributed by atoms with Crippen LogP contribution in [0.4, 0.5) is 10.2 Å². The summed E-state index contributed by atoms with van der Waals surface area (Å²) in [6, 6.07) is 2.28. The topological polar surface area (TPSA) is 133 Å². The highest BCUT2D eigenvalue weighted by Gasteiger charge is 2.28. The van der Waals surface area contributed by atoms with Gasteiger partial charge >= 0.3 is 11.9 Å². The second kappa shape index (κ2) is 6.28. The summed E-state index contributed by atoms with van der Waals surface area (Å²) in [7, 11) is 0. The number of carboxylic acids is 2. The fourth-order valence-electron chi connectivity index (χ4n) is 2.03. The number of halogens is 3. The van der Waals surface area contributed by atoms with E-state index in [1.807, 2.05) is 27.6 Å². The van der Waals surface area contributed by atoms with E-state index in [0.29, 0.717) is 8.04 Å². The van der Waals surface area contributed by atoms with Crippen molar-refractivity contribution in [2.45, 2.75) is 0 Å². The Morgan fingerprint density at radius 1 is 1.22 bits per heavy atom. The summed E-state index contributed by atoms with van der Waals surface area (Å²) in [5.41, 5.74) is 1.87. The van der Waals surface area contributed by atoms with Gasteiger partial charge in [0.25, 0.3) is 5.56 Å². The van der Waals surface area contributed by atoms with Crippen molar-refractivity contribution in [3.8, 4) is 11.1 Å². The lowest BCUT2D eigenvalue weighted by Gasteiger charge is -2.13. The van der Waals surface area contributed by atoms with Crippen LogP contribution in [-0.4, -0.2) is 27.1 Å². The molecule has 0 saturated carbocycles. The summed E-state index contributed by atoms with van der Waals surface area (Å²) in [4.78, 5) is 36.6. The highest BCUT2D eigenvalue weighted by Crippen LogP contribution is 2.34. The number of nitrogen functional groups attached to an aromatic ring is 1. The SMILES string of the molecule is Nc1[nH]c(=O)c(C(=O)O)c(-c2cc(I)c(Br)cc2F)c1C(=O)O. The number of hydrogen-bond acceptors (Lipinski definition) is 4. The smallest absolute Gasteiger partial charge is 0.342 e. The van der Waals surface area contributed by atoms with Gasteiger partial charge in [-0.1, -0.05) is 0 Å². The Hall–Kier alpha value is -1.95. The van der Waals surface area contributed by atoms with Crippen LogP contribution in [0.15, 0.2) is 21.4 Å². The lowest BCUT2D eigenvalue weighted by atomic mass is 9.95. The third-order valence-electron chi connectivity index (χ3n) is 2.95. The zero-order valence-electron chi connectivity index (χ0n) is 11.0. The Labute approximate surface area is 149 Å². The predicted octanol–water partition coefficient (Wildman–Crippen LogP) is 2.53. The van der Waals surface area contributed by atoms with Crippen molar-refractivity contribution >= 4 is 56.3 Å². The van der Waals surface area contributed by atoms with Gasteiger partial charge in [-0.3, -0.25) is 4.79 Å². The monoisotopic (exact) mass is 496 g/mol. The highest BCUT2D eigenvalue weighted by molar-refractivity contribution is 14.1. The fourth-order valence-corrected chi connectivity index (χ4v) is 2.81. The summed E-state index contributed by atoms with van der Waals surface area (Å²) in [5, 5.41) is 18.5. The van der Waals surface area contributed by atoms with E-state index in [0.717, 1.165) is 6.07 Å². The van der Waals surface area contributed by atoms with Crippen molar-refractivity contribution < 1.29 is 24.2 Å². The van der Waals surface area contributed by atoms with Crippen molar-refractivity contribution in [2.24, 2.45) is 0 Å². The maximum Gasteiger partial charge on any atom is 0.342 e. The number of aromatic carboxylic acids is 2. The minimum atomic E-state index is -1.69. The van der Waals surface area contributed by atoms with Crippen LogP contribution in [0.25, 0.3) is 11.1 Å². The number of rotatable bonds is 3. The van der Waals surface area contributed by atoms with Gasteiger partial charge in [-0.2, -0.15) is 0 Å². The lowest BCUT2D eigenvalue weighted by molar-refractivity contribution is 0.0695. The number of aromatic nitrogens is 1. The van der Waals surface area contributed by atoms with E-state index in [2.05, 4.69) is 15.9 Å². The lowest BCUT2D eigenvalue weighted by Crippen LogP contribution is -2.24. The molecule has 120 valence electrons. The summed E-state index contributed by atoms with van der Waals surface area (Å²) in [5.74, 6) is -4.73. The molecular weight excluding hydrogens is 490 g/mol. The quantitative estimate of drug-likeness (QED) is 0.381. The maximum atomic E-state index is 14.3. The molecule has 0 atom stereocenters. The van der Waals surface area contributed by atoms with Gasteiger partial charge in [-0.05, 0) is 50.7 Å². The Morgan fingerprint density at radius 3 is 2.30 bits per heavy atom. The number of pyridine rings is 1. The molecule has 10 heteroatoms. The molecule has 1 heterocycles. The summed E-state index contributed by atoms with van der Waals surface area (Å²) >= 11 is 4.95. The van der Waals surface area contributed by atoms with E-state index < -0.39 is 45.8 Å².